The molecule has 2 nitrogen and oxygen atoms in total. The van der Waals surface area contributed by atoms with E-state index in [1.807, 2.05) is 0 Å². The van der Waals surface area contributed by atoms with Crippen LogP contribution in [0.5, 0.6) is 0 Å². The van der Waals surface area contributed by atoms with Gasteiger partial charge < -0.3 is 9.80 Å². The maximum atomic E-state index is 2.42. The van der Waals surface area contributed by atoms with E-state index >= 15 is 0 Å². The van der Waals surface area contributed by atoms with E-state index in [1.54, 1.807) is 0 Å². The molecule has 77 heavy (non-hydrogen) atoms. The van der Waals surface area contributed by atoms with Crippen molar-refractivity contribution in [2.75, 3.05) is 9.80 Å². The van der Waals surface area contributed by atoms with E-state index in [0.29, 0.717) is 0 Å². The molecule has 0 bridgehead atoms. The fraction of sp³-hybridized carbons (Fsp3) is 0.0133. The molecule has 0 unspecified atom stereocenters. The Morgan fingerprint density at radius 1 is 0.234 bits per heavy atom. The Bertz CT molecular complexity index is 4410. The summed E-state index contributed by atoms with van der Waals surface area (Å²) in [7, 11) is 0. The van der Waals surface area contributed by atoms with E-state index in [1.165, 1.54) is 87.2 Å². The first-order valence-corrected chi connectivity index (χ1v) is 26.7. The molecule has 2 heteroatoms. The van der Waals surface area contributed by atoms with Crippen LogP contribution >= 0.6 is 0 Å². The zero-order valence-electron chi connectivity index (χ0n) is 42.3. The largest absolute Gasteiger partial charge is 0.310 e. The van der Waals surface area contributed by atoms with Crippen LogP contribution in [0.2, 0.25) is 0 Å². The van der Waals surface area contributed by atoms with Crippen LogP contribution in [0, 0.1) is 0 Å². The third kappa shape index (κ3) is 7.10. The summed E-state index contributed by atoms with van der Waals surface area (Å²) in [4.78, 5) is 4.83. The number of nitrogens with zero attached hydrogens (tertiary/aromatic N) is 2. The summed E-state index contributed by atoms with van der Waals surface area (Å²) in [6, 6.07) is 112. The molecule has 1 aliphatic carbocycles. The first kappa shape index (κ1) is 44.5. The second kappa shape index (κ2) is 18.1. The third-order valence-corrected chi connectivity index (χ3v) is 16.3. The smallest absolute Gasteiger partial charge is 0.0714 e. The van der Waals surface area contributed by atoms with Gasteiger partial charge in [-0.25, -0.2) is 0 Å². The van der Waals surface area contributed by atoms with Gasteiger partial charge >= 0.3 is 0 Å². The third-order valence-electron chi connectivity index (χ3n) is 16.3. The van der Waals surface area contributed by atoms with E-state index < -0.39 is 5.41 Å². The van der Waals surface area contributed by atoms with Crippen LogP contribution in [-0.4, -0.2) is 0 Å². The summed E-state index contributed by atoms with van der Waals surface area (Å²) in [5, 5.41) is 12.5. The molecule has 14 aromatic rings. The van der Waals surface area contributed by atoms with E-state index in [2.05, 4.69) is 313 Å². The van der Waals surface area contributed by atoms with Crippen LogP contribution in [-0.2, 0) is 5.41 Å². The lowest BCUT2D eigenvalue weighted by molar-refractivity contribution is 0.771. The van der Waals surface area contributed by atoms with E-state index in [4.69, 9.17) is 0 Å². The molecule has 0 heterocycles. The normalized spacial score (nSPS) is 12.5. The average Bonchev–Trinajstić information content (AvgIpc) is 4.09. The summed E-state index contributed by atoms with van der Waals surface area (Å²) in [5.41, 5.74) is 16.2. The van der Waals surface area contributed by atoms with Gasteiger partial charge in [-0.3, -0.25) is 0 Å². The van der Waals surface area contributed by atoms with Crippen LogP contribution in [0.1, 0.15) is 22.3 Å². The highest BCUT2D eigenvalue weighted by Gasteiger charge is 2.45. The molecule has 0 amide bonds. The maximum absolute atomic E-state index is 2.42. The summed E-state index contributed by atoms with van der Waals surface area (Å²) in [5.74, 6) is 0. The van der Waals surface area contributed by atoms with Gasteiger partial charge in [-0.15, -0.1) is 0 Å². The highest BCUT2D eigenvalue weighted by molar-refractivity contribution is 6.20. The number of hydrogen-bond donors (Lipinski definition) is 0. The maximum Gasteiger partial charge on any atom is 0.0714 e. The van der Waals surface area contributed by atoms with Crippen molar-refractivity contribution in [3.05, 3.63) is 326 Å². The molecule has 0 spiro atoms. The molecular weight excluding hydrogens is 929 g/mol. The fourth-order valence-electron chi connectivity index (χ4n) is 12.9. The van der Waals surface area contributed by atoms with Crippen molar-refractivity contribution in [3.8, 4) is 22.3 Å². The van der Waals surface area contributed by atoms with E-state index in [9.17, 15) is 0 Å². The van der Waals surface area contributed by atoms with Crippen molar-refractivity contribution in [1.82, 2.24) is 0 Å². The lowest BCUT2D eigenvalue weighted by atomic mass is 9.67. The fourth-order valence-corrected chi connectivity index (χ4v) is 12.9. The van der Waals surface area contributed by atoms with Gasteiger partial charge in [-0.1, -0.05) is 243 Å². The second-order valence-electron chi connectivity index (χ2n) is 20.3. The molecular formula is C75H50N2. The van der Waals surface area contributed by atoms with Crippen molar-refractivity contribution in [2.24, 2.45) is 0 Å². The summed E-state index contributed by atoms with van der Waals surface area (Å²) >= 11 is 0. The quantitative estimate of drug-likeness (QED) is 0.126. The second-order valence-corrected chi connectivity index (χ2v) is 20.3. The van der Waals surface area contributed by atoms with Crippen molar-refractivity contribution in [1.29, 1.82) is 0 Å². The Morgan fingerprint density at radius 2 is 0.584 bits per heavy atom. The predicted molar refractivity (Wildman–Crippen MR) is 326 cm³/mol. The molecule has 0 saturated heterocycles. The minimum absolute atomic E-state index is 0.443. The SMILES string of the molecule is c1ccc(C2(c3ccccc3)c3cccc4cc(-c5ccc(N(c6ccc(-c7ccc(N(c8cccc9ccccc89)c8cccc9ccccc89)cc7)cc6)c6cccc7ccccc67)cc5)c5cccc2c5c34)cc1. The minimum atomic E-state index is -0.443. The van der Waals surface area contributed by atoms with Crippen LogP contribution in [0.15, 0.2) is 303 Å². The predicted octanol–water partition coefficient (Wildman–Crippen LogP) is 20.4. The van der Waals surface area contributed by atoms with Gasteiger partial charge in [0.1, 0.15) is 0 Å². The molecule has 1 aliphatic rings. The summed E-state index contributed by atoms with van der Waals surface area (Å²) in [6.45, 7) is 0. The molecule has 0 radical (unpaired) electrons. The molecule has 0 N–H and O–H groups in total. The molecule has 0 aliphatic heterocycles. The number of hydrogen-bond acceptors (Lipinski definition) is 2. The van der Waals surface area contributed by atoms with Gasteiger partial charge in [0.25, 0.3) is 0 Å². The first-order chi connectivity index (χ1) is 38.2. The van der Waals surface area contributed by atoms with Crippen LogP contribution in [0.25, 0.3) is 76.1 Å². The van der Waals surface area contributed by atoms with E-state index in [0.717, 1.165) is 45.3 Å². The van der Waals surface area contributed by atoms with Crippen LogP contribution in [0.3, 0.4) is 0 Å². The van der Waals surface area contributed by atoms with Gasteiger partial charge in [-0.05, 0) is 143 Å². The number of benzene rings is 14. The standard InChI is InChI=1S/C75H50N2/c1-3-25-58(26-4-1)75(59-27-5-2-6-28-59)68-33-13-24-57-50-67(66-32-17-34-69(75)74(66)73(57)68)56-42-48-61(49-43-56)76(70-35-14-21-53-18-7-10-29-63(53)70)60-44-38-51(39-45-60)52-40-46-62(47-41-52)77(71-36-15-22-54-19-8-11-30-64(54)71)72-37-16-23-55-20-9-12-31-65(55)72/h1-50H. The molecule has 0 saturated carbocycles. The van der Waals surface area contributed by atoms with Gasteiger partial charge in [-0.2, -0.15) is 0 Å². The zero-order chi connectivity index (χ0) is 50.9. The van der Waals surface area contributed by atoms with Crippen molar-refractivity contribution < 1.29 is 0 Å². The Hall–Kier alpha value is -10.0. The summed E-state index contributed by atoms with van der Waals surface area (Å²) in [6.07, 6.45) is 0. The highest BCUT2D eigenvalue weighted by atomic mass is 15.1. The molecule has 14 aromatic carbocycles. The lowest BCUT2D eigenvalue weighted by Crippen LogP contribution is -2.28. The Kier molecular flexibility index (Phi) is 10.5. The van der Waals surface area contributed by atoms with Crippen LogP contribution in [0.4, 0.5) is 34.1 Å². The Labute approximate surface area is 448 Å². The van der Waals surface area contributed by atoms with E-state index in [-0.39, 0.29) is 0 Å². The minimum Gasteiger partial charge on any atom is -0.310 e. The number of rotatable bonds is 10. The summed E-state index contributed by atoms with van der Waals surface area (Å²) < 4.78 is 0. The van der Waals surface area contributed by atoms with Crippen LogP contribution < -0.4 is 9.80 Å². The molecule has 15 rings (SSSR count). The lowest BCUT2D eigenvalue weighted by Gasteiger charge is -2.34. The highest BCUT2D eigenvalue weighted by Crippen LogP contribution is 2.57. The number of anilines is 6. The molecule has 360 valence electrons. The van der Waals surface area contributed by atoms with Crippen molar-refractivity contribution in [2.45, 2.75) is 5.41 Å². The topological polar surface area (TPSA) is 6.48 Å². The van der Waals surface area contributed by atoms with Gasteiger partial charge in [0.2, 0.25) is 0 Å². The van der Waals surface area contributed by atoms with Crippen molar-refractivity contribution in [3.63, 3.8) is 0 Å². The number of fused-ring (bicyclic) bond motifs is 3. The Morgan fingerprint density at radius 3 is 1.08 bits per heavy atom. The van der Waals surface area contributed by atoms with Crippen molar-refractivity contribution >= 4 is 88.0 Å². The zero-order valence-corrected chi connectivity index (χ0v) is 42.3. The molecule has 0 fully saturated rings. The monoisotopic (exact) mass is 978 g/mol. The molecule has 0 aromatic heterocycles. The van der Waals surface area contributed by atoms with Gasteiger partial charge in [0, 0.05) is 33.2 Å². The first-order valence-electron chi connectivity index (χ1n) is 26.7. The van der Waals surface area contributed by atoms with Gasteiger partial charge in [0.15, 0.2) is 0 Å². The molecule has 0 atom stereocenters. The van der Waals surface area contributed by atoms with Gasteiger partial charge in [0.05, 0.1) is 22.5 Å². The Balaban J connectivity index is 0.816. The average molecular weight is 979 g/mol.